The van der Waals surface area contributed by atoms with Crippen LogP contribution >= 0.6 is 0 Å². The first-order valence-electron chi connectivity index (χ1n) is 6.60. The first kappa shape index (κ1) is 12.6. The van der Waals surface area contributed by atoms with Crippen molar-refractivity contribution in [1.82, 2.24) is 19.8 Å². The maximum atomic E-state index is 4.59. The van der Waals surface area contributed by atoms with E-state index in [0.717, 1.165) is 6.54 Å². The van der Waals surface area contributed by atoms with Crippen LogP contribution < -0.4 is 5.32 Å². The molecule has 96 valence electrons. The van der Waals surface area contributed by atoms with E-state index in [1.807, 2.05) is 13.4 Å². The van der Waals surface area contributed by atoms with Gasteiger partial charge in [-0.2, -0.15) is 0 Å². The van der Waals surface area contributed by atoms with Crippen LogP contribution in [0.4, 0.5) is 0 Å². The molecule has 1 fully saturated rings. The molecule has 0 saturated carbocycles. The van der Waals surface area contributed by atoms with Crippen molar-refractivity contribution < 1.29 is 0 Å². The number of aromatic nitrogens is 2. The Kier molecular flexibility index (Phi) is 4.18. The molecule has 1 unspecified atom stereocenters. The Morgan fingerprint density at radius 2 is 2.06 bits per heavy atom. The molecule has 1 atom stereocenters. The second kappa shape index (κ2) is 5.65. The third-order valence-corrected chi connectivity index (χ3v) is 3.81. The zero-order valence-corrected chi connectivity index (χ0v) is 11.2. The van der Waals surface area contributed by atoms with Gasteiger partial charge in [0.25, 0.3) is 0 Å². The van der Waals surface area contributed by atoms with Crippen LogP contribution in [0.15, 0.2) is 6.33 Å². The number of rotatable bonds is 4. The van der Waals surface area contributed by atoms with Gasteiger partial charge < -0.3 is 9.88 Å². The van der Waals surface area contributed by atoms with Gasteiger partial charge in [0.1, 0.15) is 0 Å². The van der Waals surface area contributed by atoms with Crippen molar-refractivity contribution in [2.45, 2.75) is 32.2 Å². The minimum absolute atomic E-state index is 0.432. The second-order valence-corrected chi connectivity index (χ2v) is 5.00. The molecule has 1 saturated heterocycles. The Labute approximate surface area is 104 Å². The van der Waals surface area contributed by atoms with Crippen LogP contribution in [0.5, 0.6) is 0 Å². The van der Waals surface area contributed by atoms with Crippen molar-refractivity contribution in [2.24, 2.45) is 7.05 Å². The van der Waals surface area contributed by atoms with Crippen molar-refractivity contribution in [1.29, 1.82) is 0 Å². The molecule has 1 aliphatic rings. The first-order valence-corrected chi connectivity index (χ1v) is 6.60. The van der Waals surface area contributed by atoms with E-state index >= 15 is 0 Å². The monoisotopic (exact) mass is 236 g/mol. The van der Waals surface area contributed by atoms with E-state index in [9.17, 15) is 0 Å². The highest BCUT2D eigenvalue weighted by molar-refractivity contribution is 5.16. The number of likely N-dealkylation sites (N-methyl/N-ethyl adjacent to an activating group) is 1. The van der Waals surface area contributed by atoms with E-state index in [4.69, 9.17) is 0 Å². The van der Waals surface area contributed by atoms with Gasteiger partial charge in [-0.3, -0.25) is 4.90 Å². The summed E-state index contributed by atoms with van der Waals surface area (Å²) in [6, 6.07) is 0.432. The summed E-state index contributed by atoms with van der Waals surface area (Å²) in [4.78, 5) is 7.17. The first-order chi connectivity index (χ1) is 8.24. The minimum Gasteiger partial charge on any atom is -0.338 e. The van der Waals surface area contributed by atoms with E-state index in [1.165, 1.54) is 43.7 Å². The Morgan fingerprint density at radius 1 is 1.35 bits per heavy atom. The fraction of sp³-hybridized carbons (Fsp3) is 0.769. The van der Waals surface area contributed by atoms with Gasteiger partial charge in [0.05, 0.1) is 18.1 Å². The minimum atomic E-state index is 0.432. The predicted octanol–water partition coefficient (Wildman–Crippen LogP) is 1.47. The van der Waals surface area contributed by atoms with Crippen LogP contribution in [-0.4, -0.2) is 41.1 Å². The lowest BCUT2D eigenvalue weighted by Gasteiger charge is -2.34. The summed E-state index contributed by atoms with van der Waals surface area (Å²) in [7, 11) is 4.09. The third kappa shape index (κ3) is 2.69. The Morgan fingerprint density at radius 3 is 2.59 bits per heavy atom. The van der Waals surface area contributed by atoms with Crippen LogP contribution in [0.2, 0.25) is 0 Å². The van der Waals surface area contributed by atoms with Gasteiger partial charge in [-0.25, -0.2) is 4.98 Å². The van der Waals surface area contributed by atoms with Crippen molar-refractivity contribution in [3.8, 4) is 0 Å². The number of likely N-dealkylation sites (tertiary alicyclic amines) is 1. The number of hydrogen-bond acceptors (Lipinski definition) is 3. The molecule has 2 rings (SSSR count). The molecule has 4 nitrogen and oxygen atoms in total. The lowest BCUT2D eigenvalue weighted by molar-refractivity contribution is 0.159. The summed E-state index contributed by atoms with van der Waals surface area (Å²) in [6.45, 7) is 5.57. The summed E-state index contributed by atoms with van der Waals surface area (Å²) >= 11 is 0. The molecule has 1 aliphatic heterocycles. The molecular weight excluding hydrogens is 212 g/mol. The van der Waals surface area contributed by atoms with Crippen molar-refractivity contribution >= 4 is 0 Å². The van der Waals surface area contributed by atoms with Gasteiger partial charge >= 0.3 is 0 Å². The molecule has 0 spiro atoms. The van der Waals surface area contributed by atoms with Crippen LogP contribution in [0.3, 0.4) is 0 Å². The molecule has 0 bridgehead atoms. The number of aryl methyl sites for hydroxylation is 1. The van der Waals surface area contributed by atoms with Crippen LogP contribution in [0, 0.1) is 6.92 Å². The van der Waals surface area contributed by atoms with Crippen LogP contribution in [0.1, 0.15) is 36.7 Å². The zero-order chi connectivity index (χ0) is 12.3. The van der Waals surface area contributed by atoms with E-state index in [0.29, 0.717) is 6.04 Å². The normalized spacial score (nSPS) is 19.5. The number of nitrogens with one attached hydrogen (secondary N) is 1. The van der Waals surface area contributed by atoms with Crippen molar-refractivity contribution in [2.75, 3.05) is 26.7 Å². The number of piperidine rings is 1. The van der Waals surface area contributed by atoms with E-state index in [-0.39, 0.29) is 0 Å². The van der Waals surface area contributed by atoms with Crippen LogP contribution in [-0.2, 0) is 7.05 Å². The second-order valence-electron chi connectivity index (χ2n) is 5.00. The Balaban J connectivity index is 2.18. The number of hydrogen-bond donors (Lipinski definition) is 1. The van der Waals surface area contributed by atoms with E-state index in [1.54, 1.807) is 0 Å². The molecule has 0 aliphatic carbocycles. The molecule has 0 radical (unpaired) electrons. The van der Waals surface area contributed by atoms with E-state index < -0.39 is 0 Å². The SMILES string of the molecule is CNCC(c1ncn(C)c1C)N1CCCCC1. The molecule has 1 aromatic heterocycles. The molecule has 1 N–H and O–H groups in total. The standard InChI is InChI=1S/C13H24N4/c1-11-13(15-10-16(11)3)12(9-14-2)17-7-5-4-6-8-17/h10,12,14H,4-9H2,1-3H3. The summed E-state index contributed by atoms with van der Waals surface area (Å²) in [5.41, 5.74) is 2.53. The molecule has 4 heteroatoms. The predicted molar refractivity (Wildman–Crippen MR) is 70.0 cm³/mol. The molecular formula is C13H24N4. The van der Waals surface area contributed by atoms with Gasteiger partial charge in [-0.05, 0) is 39.9 Å². The molecule has 0 aromatic carbocycles. The van der Waals surface area contributed by atoms with Crippen molar-refractivity contribution in [3.63, 3.8) is 0 Å². The molecule has 0 amide bonds. The number of nitrogens with zero attached hydrogens (tertiary/aromatic N) is 3. The average molecular weight is 236 g/mol. The fourth-order valence-corrected chi connectivity index (χ4v) is 2.66. The highest BCUT2D eigenvalue weighted by atomic mass is 15.2. The number of imidazole rings is 1. The molecule has 2 heterocycles. The van der Waals surface area contributed by atoms with Gasteiger partial charge in [0, 0.05) is 19.3 Å². The average Bonchev–Trinajstić information content (AvgIpc) is 2.69. The lowest BCUT2D eigenvalue weighted by atomic mass is 10.0. The van der Waals surface area contributed by atoms with Gasteiger partial charge in [-0.1, -0.05) is 6.42 Å². The van der Waals surface area contributed by atoms with Crippen LogP contribution in [0.25, 0.3) is 0 Å². The van der Waals surface area contributed by atoms with E-state index in [2.05, 4.69) is 33.7 Å². The van der Waals surface area contributed by atoms with Gasteiger partial charge in [0.15, 0.2) is 0 Å². The summed E-state index contributed by atoms with van der Waals surface area (Å²) in [5.74, 6) is 0. The Hall–Kier alpha value is -0.870. The highest BCUT2D eigenvalue weighted by Gasteiger charge is 2.25. The smallest absolute Gasteiger partial charge is 0.0949 e. The maximum absolute atomic E-state index is 4.59. The summed E-state index contributed by atoms with van der Waals surface area (Å²) < 4.78 is 2.11. The fourth-order valence-electron chi connectivity index (χ4n) is 2.66. The lowest BCUT2D eigenvalue weighted by Crippen LogP contribution is -2.38. The quantitative estimate of drug-likeness (QED) is 0.859. The third-order valence-electron chi connectivity index (χ3n) is 3.81. The maximum Gasteiger partial charge on any atom is 0.0949 e. The summed E-state index contributed by atoms with van der Waals surface area (Å²) in [6.07, 6.45) is 5.96. The topological polar surface area (TPSA) is 33.1 Å². The molecule has 1 aromatic rings. The summed E-state index contributed by atoms with van der Waals surface area (Å²) in [5, 5.41) is 3.31. The van der Waals surface area contributed by atoms with Gasteiger partial charge in [0.2, 0.25) is 0 Å². The molecule has 17 heavy (non-hydrogen) atoms. The largest absolute Gasteiger partial charge is 0.338 e. The highest BCUT2D eigenvalue weighted by Crippen LogP contribution is 2.25. The zero-order valence-electron chi connectivity index (χ0n) is 11.2. The van der Waals surface area contributed by atoms with Crippen molar-refractivity contribution in [3.05, 3.63) is 17.7 Å². The van der Waals surface area contributed by atoms with Gasteiger partial charge in [-0.15, -0.1) is 0 Å². The Bertz CT molecular complexity index is 352.